The minimum absolute atomic E-state index is 0.0158. The molecule has 2 rings (SSSR count). The molecule has 6 nitrogen and oxygen atoms in total. The van der Waals surface area contributed by atoms with E-state index in [2.05, 4.69) is 10.6 Å². The van der Waals surface area contributed by atoms with Gasteiger partial charge in [0.05, 0.1) is 9.88 Å². The molecule has 3 amide bonds. The quantitative estimate of drug-likeness (QED) is 0.803. The molecule has 1 fully saturated rings. The lowest BCUT2D eigenvalue weighted by Crippen LogP contribution is -2.49. The molecule has 2 N–H and O–H groups in total. The van der Waals surface area contributed by atoms with Crippen LogP contribution < -0.4 is 10.6 Å². The largest absolute Gasteiger partial charge is 0.352 e. The second-order valence-corrected chi connectivity index (χ2v) is 9.29. The number of rotatable bonds is 5. The molecule has 0 aromatic carbocycles. The first-order valence-corrected chi connectivity index (χ1v) is 10.4. The summed E-state index contributed by atoms with van der Waals surface area (Å²) < 4.78 is 0. The van der Waals surface area contributed by atoms with Crippen molar-refractivity contribution in [3.8, 4) is 0 Å². The molecule has 150 valence electrons. The Kier molecular flexibility index (Phi) is 7.03. The molecule has 1 aliphatic heterocycles. The summed E-state index contributed by atoms with van der Waals surface area (Å²) in [7, 11) is 0. The highest BCUT2D eigenvalue weighted by Gasteiger charge is 2.28. The van der Waals surface area contributed by atoms with Crippen molar-refractivity contribution >= 4 is 34.1 Å². The molecule has 1 saturated heterocycles. The van der Waals surface area contributed by atoms with Crippen molar-refractivity contribution in [3.05, 3.63) is 16.5 Å². The highest BCUT2D eigenvalue weighted by atomic mass is 32.1. The number of carbonyl (C=O) groups excluding carboxylic acids is 3. The maximum absolute atomic E-state index is 13.0. The molecule has 0 bridgehead atoms. The minimum Gasteiger partial charge on any atom is -0.352 e. The van der Waals surface area contributed by atoms with E-state index in [1.807, 2.05) is 45.6 Å². The lowest BCUT2D eigenvalue weighted by Gasteiger charge is -2.33. The van der Waals surface area contributed by atoms with Crippen LogP contribution in [-0.2, 0) is 9.59 Å². The average Bonchev–Trinajstić information content (AvgIpc) is 2.94. The lowest BCUT2D eigenvalue weighted by atomic mass is 9.96. The van der Waals surface area contributed by atoms with Crippen molar-refractivity contribution in [2.75, 3.05) is 18.4 Å². The van der Waals surface area contributed by atoms with Gasteiger partial charge >= 0.3 is 0 Å². The van der Waals surface area contributed by atoms with E-state index in [1.165, 1.54) is 11.3 Å². The van der Waals surface area contributed by atoms with Gasteiger partial charge in [-0.2, -0.15) is 0 Å². The predicted molar refractivity (Wildman–Crippen MR) is 109 cm³/mol. The molecular formula is C20H31N3O3S. The Balaban J connectivity index is 2.04. The van der Waals surface area contributed by atoms with Gasteiger partial charge in [-0.3, -0.25) is 14.4 Å². The number of likely N-dealkylation sites (tertiary alicyclic amines) is 1. The van der Waals surface area contributed by atoms with E-state index < -0.39 is 5.41 Å². The Morgan fingerprint density at radius 1 is 1.30 bits per heavy atom. The number of anilines is 1. The fraction of sp³-hybridized carbons (Fsp3) is 0.650. The van der Waals surface area contributed by atoms with E-state index in [1.54, 1.807) is 0 Å². The van der Waals surface area contributed by atoms with Gasteiger partial charge in [0.15, 0.2) is 0 Å². The third-order valence-corrected chi connectivity index (χ3v) is 5.72. The Labute approximate surface area is 165 Å². The first-order valence-electron chi connectivity index (χ1n) is 9.62. The molecule has 7 heteroatoms. The first kappa shape index (κ1) is 21.4. The third-order valence-electron chi connectivity index (χ3n) is 4.58. The summed E-state index contributed by atoms with van der Waals surface area (Å²) in [6, 6.07) is 1.87. The molecule has 0 aliphatic carbocycles. The third kappa shape index (κ3) is 5.79. The number of hydrogen-bond donors (Lipinski definition) is 2. The fourth-order valence-corrected chi connectivity index (χ4v) is 4.04. The Morgan fingerprint density at radius 3 is 2.63 bits per heavy atom. The van der Waals surface area contributed by atoms with E-state index in [9.17, 15) is 14.4 Å². The number of nitrogens with zero attached hydrogens (tertiary/aromatic N) is 1. The van der Waals surface area contributed by atoms with Crippen molar-refractivity contribution in [2.24, 2.45) is 5.41 Å². The maximum Gasteiger partial charge on any atom is 0.264 e. The van der Waals surface area contributed by atoms with Crippen LogP contribution in [0.5, 0.6) is 0 Å². The van der Waals surface area contributed by atoms with Crippen LogP contribution in [0.3, 0.4) is 0 Å². The second kappa shape index (κ2) is 8.87. The second-order valence-electron chi connectivity index (χ2n) is 8.23. The Morgan fingerprint density at radius 2 is 2.00 bits per heavy atom. The number of hydrogen-bond acceptors (Lipinski definition) is 4. The van der Waals surface area contributed by atoms with E-state index in [-0.39, 0.29) is 23.8 Å². The number of thiophene rings is 1. The molecule has 1 unspecified atom stereocenters. The zero-order valence-electron chi connectivity index (χ0n) is 17.0. The van der Waals surface area contributed by atoms with E-state index in [0.717, 1.165) is 24.8 Å². The van der Waals surface area contributed by atoms with Gasteiger partial charge in [-0.05, 0) is 37.8 Å². The van der Waals surface area contributed by atoms with Crippen LogP contribution in [0.1, 0.15) is 68.6 Å². The zero-order chi connectivity index (χ0) is 20.2. The van der Waals surface area contributed by atoms with Crippen LogP contribution in [-0.4, -0.2) is 41.8 Å². The molecule has 2 heterocycles. The van der Waals surface area contributed by atoms with Crippen LogP contribution in [0.25, 0.3) is 0 Å². The highest BCUT2D eigenvalue weighted by Crippen LogP contribution is 2.30. The SMILES string of the molecule is CCCC(=O)NC1CCCN(C(=O)c2sc(NC(=O)C(C)(C)C)cc2C)C1. The molecule has 1 atom stereocenters. The number of carbonyl (C=O) groups is 3. The van der Waals surface area contributed by atoms with Gasteiger partial charge in [-0.1, -0.05) is 27.7 Å². The summed E-state index contributed by atoms with van der Waals surface area (Å²) in [6.07, 6.45) is 3.11. The average molecular weight is 394 g/mol. The van der Waals surface area contributed by atoms with Gasteiger partial charge in [0.1, 0.15) is 0 Å². The van der Waals surface area contributed by atoms with Gasteiger partial charge in [0.2, 0.25) is 11.8 Å². The Bertz CT molecular complexity index is 706. The Hall–Kier alpha value is -1.89. The molecular weight excluding hydrogens is 362 g/mol. The normalized spacial score (nSPS) is 17.5. The van der Waals surface area contributed by atoms with Crippen molar-refractivity contribution < 1.29 is 14.4 Å². The van der Waals surface area contributed by atoms with E-state index >= 15 is 0 Å². The van der Waals surface area contributed by atoms with Crippen LogP contribution in [0.4, 0.5) is 5.00 Å². The lowest BCUT2D eigenvalue weighted by molar-refractivity contribution is -0.123. The minimum atomic E-state index is -0.487. The predicted octanol–water partition coefficient (Wildman–Crippen LogP) is 3.56. The standard InChI is InChI=1S/C20H31N3O3S/c1-6-8-15(24)21-14-9-7-10-23(12-14)18(25)17-13(2)11-16(27-17)22-19(26)20(3,4)5/h11,14H,6-10,12H2,1-5H3,(H,21,24)(H,22,26). The monoisotopic (exact) mass is 393 g/mol. The summed E-state index contributed by atoms with van der Waals surface area (Å²) in [4.78, 5) is 39.5. The number of nitrogens with one attached hydrogen (secondary N) is 2. The molecule has 27 heavy (non-hydrogen) atoms. The first-order chi connectivity index (χ1) is 12.6. The summed E-state index contributed by atoms with van der Waals surface area (Å²) in [5, 5.41) is 6.63. The van der Waals surface area contributed by atoms with Crippen molar-refractivity contribution in [3.63, 3.8) is 0 Å². The molecule has 0 saturated carbocycles. The van der Waals surface area contributed by atoms with Gasteiger partial charge in [0, 0.05) is 31.0 Å². The van der Waals surface area contributed by atoms with Gasteiger partial charge in [-0.25, -0.2) is 0 Å². The summed E-state index contributed by atoms with van der Waals surface area (Å²) in [6.45, 7) is 10.7. The smallest absolute Gasteiger partial charge is 0.264 e. The summed E-state index contributed by atoms with van der Waals surface area (Å²) >= 11 is 1.32. The molecule has 1 aromatic heterocycles. The van der Waals surface area contributed by atoms with Crippen LogP contribution in [0, 0.1) is 12.3 Å². The van der Waals surface area contributed by atoms with Crippen LogP contribution in [0.2, 0.25) is 0 Å². The fourth-order valence-electron chi connectivity index (χ4n) is 3.01. The maximum atomic E-state index is 13.0. The zero-order valence-corrected chi connectivity index (χ0v) is 17.8. The summed E-state index contributed by atoms with van der Waals surface area (Å²) in [5.74, 6) is -0.0427. The van der Waals surface area contributed by atoms with E-state index in [4.69, 9.17) is 0 Å². The number of amides is 3. The van der Waals surface area contributed by atoms with Gasteiger partial charge < -0.3 is 15.5 Å². The number of piperidine rings is 1. The number of aryl methyl sites for hydroxylation is 1. The molecule has 1 aromatic rings. The van der Waals surface area contributed by atoms with Gasteiger partial charge in [-0.15, -0.1) is 11.3 Å². The van der Waals surface area contributed by atoms with Crippen molar-refractivity contribution in [1.82, 2.24) is 10.2 Å². The van der Waals surface area contributed by atoms with Crippen molar-refractivity contribution in [2.45, 2.75) is 66.3 Å². The molecule has 0 spiro atoms. The van der Waals surface area contributed by atoms with Crippen LogP contribution >= 0.6 is 11.3 Å². The topological polar surface area (TPSA) is 78.5 Å². The van der Waals surface area contributed by atoms with Crippen molar-refractivity contribution in [1.29, 1.82) is 0 Å². The molecule has 0 radical (unpaired) electrons. The highest BCUT2D eigenvalue weighted by molar-refractivity contribution is 7.18. The molecule has 1 aliphatic rings. The van der Waals surface area contributed by atoms with Crippen LogP contribution in [0.15, 0.2) is 6.07 Å². The van der Waals surface area contributed by atoms with Gasteiger partial charge in [0.25, 0.3) is 5.91 Å². The summed E-state index contributed by atoms with van der Waals surface area (Å²) in [5.41, 5.74) is 0.380. The van der Waals surface area contributed by atoms with E-state index in [0.29, 0.717) is 29.4 Å².